The van der Waals surface area contributed by atoms with Crippen LogP contribution in [0.2, 0.25) is 0 Å². The van der Waals surface area contributed by atoms with Crippen LogP contribution in [0, 0.1) is 0 Å². The number of fused-ring (bicyclic) bond motifs is 1. The molecule has 13 heavy (non-hydrogen) atoms. The lowest BCUT2D eigenvalue weighted by atomic mass is 10.3. The Bertz CT molecular complexity index is 363. The number of aryl methyl sites for hydroxylation is 1. The van der Waals surface area contributed by atoms with Gasteiger partial charge in [0.25, 0.3) is 0 Å². The van der Waals surface area contributed by atoms with E-state index in [4.69, 9.17) is 0 Å². The van der Waals surface area contributed by atoms with Crippen LogP contribution in [0.25, 0.3) is 5.52 Å². The smallest absolute Gasteiger partial charge is 0.0664 e. The summed E-state index contributed by atoms with van der Waals surface area (Å²) in [5.74, 6) is 0. The molecule has 0 unspecified atom stereocenters. The predicted molar refractivity (Wildman–Crippen MR) is 55.9 cm³/mol. The van der Waals surface area contributed by atoms with Gasteiger partial charge in [-0.3, -0.25) is 0 Å². The first kappa shape index (κ1) is 9.78. The summed E-state index contributed by atoms with van der Waals surface area (Å²) in [5.41, 5.74) is 2.43. The van der Waals surface area contributed by atoms with Crippen LogP contribution in [-0.2, 0) is 6.42 Å². The van der Waals surface area contributed by atoms with E-state index in [0.717, 1.165) is 6.42 Å². The number of aromatic nitrogens is 2. The molecule has 2 heteroatoms. The Balaban J connectivity index is 0.000000396. The molecular formula is C11H16N2. The van der Waals surface area contributed by atoms with Crippen molar-refractivity contribution in [1.82, 2.24) is 9.61 Å². The summed E-state index contributed by atoms with van der Waals surface area (Å²) in [5, 5.41) is 4.21. The van der Waals surface area contributed by atoms with Gasteiger partial charge in [0.1, 0.15) is 0 Å². The summed E-state index contributed by atoms with van der Waals surface area (Å²) in [6, 6.07) is 8.24. The van der Waals surface area contributed by atoms with E-state index in [2.05, 4.69) is 30.2 Å². The second-order valence-corrected chi connectivity index (χ2v) is 2.54. The maximum Gasteiger partial charge on any atom is 0.0664 e. The third-order valence-electron chi connectivity index (χ3n) is 1.86. The number of hydrogen-bond donors (Lipinski definition) is 0. The number of rotatable bonds is 1. The molecule has 0 amide bonds. The van der Waals surface area contributed by atoms with Crippen LogP contribution in [0.1, 0.15) is 26.5 Å². The van der Waals surface area contributed by atoms with Crippen LogP contribution in [0.5, 0.6) is 0 Å². The fourth-order valence-corrected chi connectivity index (χ4v) is 1.28. The van der Waals surface area contributed by atoms with Crippen molar-refractivity contribution >= 4 is 5.52 Å². The molecule has 0 aromatic carbocycles. The summed E-state index contributed by atoms with van der Waals surface area (Å²) < 4.78 is 1.97. The lowest BCUT2D eigenvalue weighted by Crippen LogP contribution is -1.94. The molecule has 0 aliphatic heterocycles. The zero-order valence-corrected chi connectivity index (χ0v) is 8.49. The molecule has 70 valence electrons. The standard InChI is InChI=1S/C9H10N2.C2H6/c1-2-8-4-3-5-9-6-7-10-11(8)9;1-2/h3-7H,2H2,1H3;1-2H3. The van der Waals surface area contributed by atoms with Crippen molar-refractivity contribution in [3.8, 4) is 0 Å². The highest BCUT2D eigenvalue weighted by molar-refractivity contribution is 5.46. The highest BCUT2D eigenvalue weighted by Crippen LogP contribution is 2.05. The van der Waals surface area contributed by atoms with Gasteiger partial charge in [-0.2, -0.15) is 5.10 Å². The minimum atomic E-state index is 1.03. The highest BCUT2D eigenvalue weighted by Gasteiger charge is 1.95. The zero-order valence-electron chi connectivity index (χ0n) is 8.49. The molecule has 0 fully saturated rings. The lowest BCUT2D eigenvalue weighted by molar-refractivity contribution is 0.865. The van der Waals surface area contributed by atoms with Gasteiger partial charge in [0.05, 0.1) is 5.52 Å². The second kappa shape index (κ2) is 4.65. The quantitative estimate of drug-likeness (QED) is 0.653. The van der Waals surface area contributed by atoms with E-state index in [9.17, 15) is 0 Å². The molecule has 0 saturated heterocycles. The minimum absolute atomic E-state index is 1.03. The first-order valence-corrected chi connectivity index (χ1v) is 4.83. The molecule has 2 aromatic rings. The first-order valence-electron chi connectivity index (χ1n) is 4.83. The Morgan fingerprint density at radius 2 is 2.00 bits per heavy atom. The maximum absolute atomic E-state index is 4.21. The molecular weight excluding hydrogens is 160 g/mol. The topological polar surface area (TPSA) is 17.3 Å². The molecule has 2 nitrogen and oxygen atoms in total. The Kier molecular flexibility index (Phi) is 3.50. The van der Waals surface area contributed by atoms with Gasteiger partial charge in [-0.15, -0.1) is 0 Å². The van der Waals surface area contributed by atoms with E-state index in [1.54, 1.807) is 0 Å². The largest absolute Gasteiger partial charge is 0.238 e. The molecule has 0 aliphatic carbocycles. The fourth-order valence-electron chi connectivity index (χ4n) is 1.28. The molecule has 2 heterocycles. The first-order chi connectivity index (χ1) is 6.42. The molecule has 0 saturated carbocycles. The zero-order chi connectivity index (χ0) is 9.68. The maximum atomic E-state index is 4.21. The van der Waals surface area contributed by atoms with Crippen molar-refractivity contribution in [3.05, 3.63) is 36.2 Å². The van der Waals surface area contributed by atoms with E-state index in [1.165, 1.54) is 11.2 Å². The Labute approximate surface area is 79.2 Å². The van der Waals surface area contributed by atoms with E-state index >= 15 is 0 Å². The van der Waals surface area contributed by atoms with Gasteiger partial charge in [0.2, 0.25) is 0 Å². The van der Waals surface area contributed by atoms with E-state index < -0.39 is 0 Å². The van der Waals surface area contributed by atoms with Crippen molar-refractivity contribution in [2.45, 2.75) is 27.2 Å². The van der Waals surface area contributed by atoms with Crippen LogP contribution < -0.4 is 0 Å². The fraction of sp³-hybridized carbons (Fsp3) is 0.364. The SMILES string of the molecule is CC.CCc1cccc2ccnn12. The summed E-state index contributed by atoms with van der Waals surface area (Å²) in [4.78, 5) is 0. The number of pyridine rings is 1. The van der Waals surface area contributed by atoms with Gasteiger partial charge >= 0.3 is 0 Å². The highest BCUT2D eigenvalue weighted by atomic mass is 15.2. The Morgan fingerprint density at radius 1 is 1.23 bits per heavy atom. The normalized spacial score (nSPS) is 9.46. The van der Waals surface area contributed by atoms with Gasteiger partial charge < -0.3 is 0 Å². The van der Waals surface area contributed by atoms with Gasteiger partial charge in [0.15, 0.2) is 0 Å². The van der Waals surface area contributed by atoms with Crippen molar-refractivity contribution < 1.29 is 0 Å². The number of nitrogens with zero attached hydrogens (tertiary/aromatic N) is 2. The second-order valence-electron chi connectivity index (χ2n) is 2.54. The third kappa shape index (κ3) is 1.89. The average Bonchev–Trinajstić information content (AvgIpc) is 2.68. The molecule has 0 aliphatic rings. The van der Waals surface area contributed by atoms with Crippen molar-refractivity contribution in [2.24, 2.45) is 0 Å². The van der Waals surface area contributed by atoms with Crippen LogP contribution in [0.4, 0.5) is 0 Å². The molecule has 2 aromatic heterocycles. The monoisotopic (exact) mass is 176 g/mol. The van der Waals surface area contributed by atoms with Gasteiger partial charge in [-0.1, -0.05) is 26.8 Å². The van der Waals surface area contributed by atoms with E-state index in [0.29, 0.717) is 0 Å². The van der Waals surface area contributed by atoms with Gasteiger partial charge in [-0.05, 0) is 24.6 Å². The Hall–Kier alpha value is -1.31. The molecule has 0 atom stereocenters. The molecule has 0 bridgehead atoms. The van der Waals surface area contributed by atoms with Crippen molar-refractivity contribution in [3.63, 3.8) is 0 Å². The van der Waals surface area contributed by atoms with Crippen LogP contribution in [0.15, 0.2) is 30.5 Å². The van der Waals surface area contributed by atoms with Crippen molar-refractivity contribution in [2.75, 3.05) is 0 Å². The lowest BCUT2D eigenvalue weighted by Gasteiger charge is -1.99. The van der Waals surface area contributed by atoms with Gasteiger partial charge in [-0.25, -0.2) is 4.52 Å². The number of hydrogen-bond acceptors (Lipinski definition) is 1. The van der Waals surface area contributed by atoms with Crippen LogP contribution in [0.3, 0.4) is 0 Å². The summed E-state index contributed by atoms with van der Waals surface area (Å²) in [7, 11) is 0. The molecule has 0 N–H and O–H groups in total. The van der Waals surface area contributed by atoms with Gasteiger partial charge in [0, 0.05) is 11.9 Å². The summed E-state index contributed by atoms with van der Waals surface area (Å²) in [6.07, 6.45) is 2.85. The Morgan fingerprint density at radius 3 is 2.69 bits per heavy atom. The van der Waals surface area contributed by atoms with Crippen LogP contribution in [-0.4, -0.2) is 9.61 Å². The predicted octanol–water partition coefficient (Wildman–Crippen LogP) is 2.92. The van der Waals surface area contributed by atoms with E-state index in [1.807, 2.05) is 30.6 Å². The molecule has 0 spiro atoms. The van der Waals surface area contributed by atoms with Crippen molar-refractivity contribution in [1.29, 1.82) is 0 Å². The molecule has 0 radical (unpaired) electrons. The third-order valence-corrected chi connectivity index (χ3v) is 1.86. The molecule has 2 rings (SSSR count). The summed E-state index contributed by atoms with van der Waals surface area (Å²) in [6.45, 7) is 6.14. The summed E-state index contributed by atoms with van der Waals surface area (Å²) >= 11 is 0. The average molecular weight is 176 g/mol. The van der Waals surface area contributed by atoms with Crippen LogP contribution >= 0.6 is 0 Å². The van der Waals surface area contributed by atoms with E-state index in [-0.39, 0.29) is 0 Å². The minimum Gasteiger partial charge on any atom is -0.238 e.